The highest BCUT2D eigenvalue weighted by Gasteiger charge is 2.31. The predicted molar refractivity (Wildman–Crippen MR) is 150 cm³/mol. The Bertz CT molecular complexity index is 1280. The van der Waals surface area contributed by atoms with Crippen LogP contribution in [0.2, 0.25) is 0 Å². The van der Waals surface area contributed by atoms with Gasteiger partial charge in [0.2, 0.25) is 10.0 Å². The van der Waals surface area contributed by atoms with Crippen molar-refractivity contribution in [1.82, 2.24) is 14.9 Å². The molecule has 198 valence electrons. The van der Waals surface area contributed by atoms with Crippen LogP contribution in [0.4, 0.5) is 0 Å². The number of thiophene rings is 1. The molecule has 1 fully saturated rings. The lowest BCUT2D eigenvalue weighted by Crippen LogP contribution is -2.44. The second-order valence-electron chi connectivity index (χ2n) is 8.76. The number of carbonyl (C=O) groups excluding carboxylic acids is 1. The van der Waals surface area contributed by atoms with Crippen molar-refractivity contribution in [2.24, 2.45) is 0 Å². The zero-order valence-electron chi connectivity index (χ0n) is 21.1. The second-order valence-corrected chi connectivity index (χ2v) is 13.0. The monoisotopic (exact) mass is 559 g/mol. The first kappa shape index (κ1) is 27.7. The van der Waals surface area contributed by atoms with Gasteiger partial charge in [0.25, 0.3) is 5.91 Å². The van der Waals surface area contributed by atoms with E-state index in [4.69, 9.17) is 4.74 Å². The van der Waals surface area contributed by atoms with Crippen molar-refractivity contribution in [2.45, 2.75) is 48.7 Å². The fourth-order valence-corrected chi connectivity index (χ4v) is 7.77. The van der Waals surface area contributed by atoms with Gasteiger partial charge in [-0.05, 0) is 65.9 Å². The third kappa shape index (κ3) is 7.14. The Morgan fingerprint density at radius 3 is 2.57 bits per heavy atom. The molecule has 4 rings (SSSR count). The van der Waals surface area contributed by atoms with Crippen LogP contribution in [0.5, 0.6) is 5.75 Å². The van der Waals surface area contributed by atoms with E-state index >= 15 is 0 Å². The average Bonchev–Trinajstić information content (AvgIpc) is 3.41. The number of rotatable bonds is 11. The summed E-state index contributed by atoms with van der Waals surface area (Å²) < 4.78 is 33.6. The van der Waals surface area contributed by atoms with E-state index in [1.54, 1.807) is 47.1 Å². The molecule has 0 radical (unpaired) electrons. The van der Waals surface area contributed by atoms with Crippen LogP contribution in [0, 0.1) is 0 Å². The lowest BCUT2D eigenvalue weighted by molar-refractivity contribution is 0.0950. The summed E-state index contributed by atoms with van der Waals surface area (Å²) in [5.74, 6) is 1.37. The summed E-state index contributed by atoms with van der Waals surface area (Å²) in [6.07, 6.45) is 1.52. The van der Waals surface area contributed by atoms with Gasteiger partial charge < -0.3 is 15.4 Å². The van der Waals surface area contributed by atoms with Gasteiger partial charge in [0, 0.05) is 41.0 Å². The quantitative estimate of drug-likeness (QED) is 0.330. The topological polar surface area (TPSA) is 87.7 Å². The molecular formula is C27H33N3O4S3. The molecule has 7 nitrogen and oxygen atoms in total. The number of ether oxygens (including phenoxy) is 1. The minimum absolute atomic E-state index is 0.149. The molecule has 0 spiro atoms. The maximum absolute atomic E-state index is 13.4. The van der Waals surface area contributed by atoms with Crippen LogP contribution in [-0.4, -0.2) is 50.6 Å². The first-order chi connectivity index (χ1) is 17.9. The van der Waals surface area contributed by atoms with Crippen LogP contribution >= 0.6 is 23.1 Å². The number of nitrogens with zero attached hydrogens (tertiary/aromatic N) is 1. The van der Waals surface area contributed by atoms with E-state index in [0.29, 0.717) is 29.3 Å². The molecule has 37 heavy (non-hydrogen) atoms. The van der Waals surface area contributed by atoms with Gasteiger partial charge in [0.05, 0.1) is 18.6 Å². The molecule has 0 unspecified atom stereocenters. The lowest BCUT2D eigenvalue weighted by Gasteiger charge is -2.31. The molecule has 2 aromatic carbocycles. The van der Waals surface area contributed by atoms with Gasteiger partial charge in [-0.25, -0.2) is 8.42 Å². The molecule has 10 heteroatoms. The number of carbonyl (C=O) groups is 1. The van der Waals surface area contributed by atoms with E-state index in [2.05, 4.69) is 41.8 Å². The predicted octanol–water partition coefficient (Wildman–Crippen LogP) is 4.74. The maximum atomic E-state index is 13.4. The van der Waals surface area contributed by atoms with Gasteiger partial charge >= 0.3 is 0 Å². The molecule has 0 aliphatic carbocycles. The van der Waals surface area contributed by atoms with Crippen LogP contribution in [0.1, 0.15) is 40.6 Å². The van der Waals surface area contributed by atoms with Crippen LogP contribution in [0.25, 0.3) is 0 Å². The van der Waals surface area contributed by atoms with Crippen molar-refractivity contribution in [1.29, 1.82) is 0 Å². The number of hydrogen-bond donors (Lipinski definition) is 2. The Kier molecular flexibility index (Phi) is 9.66. The highest BCUT2D eigenvalue weighted by molar-refractivity contribution is 7.99. The minimum Gasteiger partial charge on any atom is -0.497 e. The summed E-state index contributed by atoms with van der Waals surface area (Å²) in [4.78, 5) is 14.8. The summed E-state index contributed by atoms with van der Waals surface area (Å²) in [6.45, 7) is 4.01. The van der Waals surface area contributed by atoms with Gasteiger partial charge in [-0.2, -0.15) is 4.31 Å². The van der Waals surface area contributed by atoms with E-state index in [0.717, 1.165) is 25.1 Å². The number of nitrogens with one attached hydrogen (secondary N) is 2. The largest absolute Gasteiger partial charge is 0.497 e. The van der Waals surface area contributed by atoms with E-state index in [1.807, 2.05) is 11.8 Å². The van der Waals surface area contributed by atoms with Gasteiger partial charge in [-0.1, -0.05) is 25.1 Å². The maximum Gasteiger partial charge on any atom is 0.251 e. The van der Waals surface area contributed by atoms with Crippen molar-refractivity contribution < 1.29 is 17.9 Å². The number of amides is 1. The molecule has 1 amide bonds. The zero-order chi connectivity index (χ0) is 26.3. The standard InChI is InChI=1S/C27H33N3O4S3/c1-3-35-24-9-7-20(8-10-24)18-28-22-11-14-30(15-12-22)37(32,33)26-13-16-36-25(26)19-29-27(31)21-5-4-6-23(17-21)34-2/h4-10,13,16-17,22,28H,3,11-12,14-15,18-19H2,1-2H3,(H,29,31). The SMILES string of the molecule is CCSc1ccc(CNC2CCN(S(=O)(=O)c3ccsc3CNC(=O)c3cccc(OC)c3)CC2)cc1. The van der Waals surface area contributed by atoms with Crippen LogP contribution in [0.3, 0.4) is 0 Å². The van der Waals surface area contributed by atoms with Crippen molar-refractivity contribution in [3.8, 4) is 5.75 Å². The number of hydrogen-bond acceptors (Lipinski definition) is 7. The van der Waals surface area contributed by atoms with Crippen molar-refractivity contribution in [2.75, 3.05) is 26.0 Å². The number of methoxy groups -OCH3 is 1. The third-order valence-corrected chi connectivity index (χ3v) is 10.3. The third-order valence-electron chi connectivity index (χ3n) is 6.35. The molecule has 0 atom stereocenters. The normalized spacial score (nSPS) is 15.0. The summed E-state index contributed by atoms with van der Waals surface area (Å²) >= 11 is 3.17. The smallest absolute Gasteiger partial charge is 0.251 e. The van der Waals surface area contributed by atoms with E-state index < -0.39 is 10.0 Å². The van der Waals surface area contributed by atoms with Crippen LogP contribution < -0.4 is 15.4 Å². The first-order valence-electron chi connectivity index (χ1n) is 12.3. The molecule has 0 saturated carbocycles. The Hall–Kier alpha value is -2.37. The van der Waals surface area contributed by atoms with Gasteiger partial charge in [-0.15, -0.1) is 23.1 Å². The fraction of sp³-hybridized carbons (Fsp3) is 0.370. The minimum atomic E-state index is -3.63. The summed E-state index contributed by atoms with van der Waals surface area (Å²) in [7, 11) is -2.09. The van der Waals surface area contributed by atoms with E-state index in [-0.39, 0.29) is 23.4 Å². The Labute approximate surface area is 227 Å². The van der Waals surface area contributed by atoms with Gasteiger partial charge in [0.15, 0.2) is 0 Å². The summed E-state index contributed by atoms with van der Waals surface area (Å²) in [6, 6.07) is 17.4. The van der Waals surface area contributed by atoms with E-state index in [1.165, 1.54) is 21.8 Å². The summed E-state index contributed by atoms with van der Waals surface area (Å²) in [5.41, 5.74) is 1.69. The van der Waals surface area contributed by atoms with Crippen molar-refractivity contribution >= 4 is 39.0 Å². The number of benzene rings is 2. The number of piperidine rings is 1. The first-order valence-corrected chi connectivity index (χ1v) is 15.6. The molecule has 2 heterocycles. The molecular weight excluding hydrogens is 527 g/mol. The number of thioether (sulfide) groups is 1. The Balaban J connectivity index is 1.30. The summed E-state index contributed by atoms with van der Waals surface area (Å²) in [5, 5.41) is 8.18. The van der Waals surface area contributed by atoms with E-state index in [9.17, 15) is 13.2 Å². The molecule has 2 N–H and O–H groups in total. The number of sulfonamides is 1. The van der Waals surface area contributed by atoms with Crippen LogP contribution in [-0.2, 0) is 23.1 Å². The highest BCUT2D eigenvalue weighted by atomic mass is 32.2. The molecule has 1 aliphatic rings. The molecule has 1 aromatic heterocycles. The molecule has 1 aliphatic heterocycles. The van der Waals surface area contributed by atoms with Crippen molar-refractivity contribution in [3.63, 3.8) is 0 Å². The van der Waals surface area contributed by atoms with Gasteiger partial charge in [-0.3, -0.25) is 4.79 Å². The zero-order valence-corrected chi connectivity index (χ0v) is 23.6. The molecule has 1 saturated heterocycles. The second kappa shape index (κ2) is 12.9. The fourth-order valence-electron chi connectivity index (χ4n) is 4.29. The Morgan fingerprint density at radius 1 is 1.11 bits per heavy atom. The highest BCUT2D eigenvalue weighted by Crippen LogP contribution is 2.28. The average molecular weight is 560 g/mol. The lowest BCUT2D eigenvalue weighted by atomic mass is 10.1. The molecule has 0 bridgehead atoms. The Morgan fingerprint density at radius 2 is 1.86 bits per heavy atom. The molecule has 3 aromatic rings. The van der Waals surface area contributed by atoms with Crippen molar-refractivity contribution in [3.05, 3.63) is 76.0 Å². The van der Waals surface area contributed by atoms with Gasteiger partial charge in [0.1, 0.15) is 5.75 Å². The van der Waals surface area contributed by atoms with Crippen LogP contribution in [0.15, 0.2) is 69.8 Å².